The molecule has 6 nitrogen and oxygen atoms in total. The van der Waals surface area contributed by atoms with Gasteiger partial charge in [-0.1, -0.05) is 47.5 Å². The van der Waals surface area contributed by atoms with Crippen LogP contribution in [0.5, 0.6) is 0 Å². The normalized spacial score (nSPS) is 12.9. The summed E-state index contributed by atoms with van der Waals surface area (Å²) >= 11 is 12.0. The average Bonchev–Trinajstić information content (AvgIpc) is 3.23. The van der Waals surface area contributed by atoms with Crippen molar-refractivity contribution in [2.45, 2.75) is 17.7 Å². The van der Waals surface area contributed by atoms with Gasteiger partial charge in [0.15, 0.2) is 0 Å². The second-order valence-electron chi connectivity index (χ2n) is 8.01. The third-order valence-corrected chi connectivity index (χ3v) is 7.97. The maximum Gasteiger partial charge on any atom is 0.264 e. The Balaban J connectivity index is 1.41. The van der Waals surface area contributed by atoms with Crippen molar-refractivity contribution >= 4 is 50.5 Å². The third-order valence-electron chi connectivity index (χ3n) is 5.70. The van der Waals surface area contributed by atoms with Crippen molar-refractivity contribution in [3.8, 4) is 0 Å². The number of amides is 1. The van der Waals surface area contributed by atoms with E-state index in [0.717, 1.165) is 30.2 Å². The molecule has 1 heterocycles. The summed E-state index contributed by atoms with van der Waals surface area (Å²) in [6.45, 7) is 1.87. The molecule has 178 valence electrons. The zero-order valence-corrected chi connectivity index (χ0v) is 20.8. The molecule has 1 N–H and O–H groups in total. The van der Waals surface area contributed by atoms with Gasteiger partial charge in [-0.15, -0.1) is 0 Å². The number of sulfonamides is 1. The van der Waals surface area contributed by atoms with E-state index in [1.165, 1.54) is 41.6 Å². The maximum absolute atomic E-state index is 13.4. The first-order valence-electron chi connectivity index (χ1n) is 11.0. The summed E-state index contributed by atoms with van der Waals surface area (Å²) < 4.78 is 27.8. The molecule has 1 aliphatic rings. The Bertz CT molecular complexity index is 1270. The quantitative estimate of drug-likeness (QED) is 0.415. The molecule has 0 unspecified atom stereocenters. The number of rotatable bonds is 9. The molecular formula is C25H25Cl2N3O3S. The van der Waals surface area contributed by atoms with E-state index in [1.54, 1.807) is 18.2 Å². The Hall–Kier alpha value is -2.74. The van der Waals surface area contributed by atoms with E-state index in [0.29, 0.717) is 22.3 Å². The molecule has 0 atom stereocenters. The Labute approximate surface area is 210 Å². The SMILES string of the molecule is O=C(CN(c1cccc(Cl)c1)S(=O)(=O)c1ccc(Cl)cc1)NCCCN1CCc2ccccc21. The van der Waals surface area contributed by atoms with Crippen LogP contribution in [-0.2, 0) is 21.2 Å². The summed E-state index contributed by atoms with van der Waals surface area (Å²) in [5.41, 5.74) is 2.90. The van der Waals surface area contributed by atoms with Crippen molar-refractivity contribution in [1.29, 1.82) is 0 Å². The highest BCUT2D eigenvalue weighted by Crippen LogP contribution is 2.28. The summed E-state index contributed by atoms with van der Waals surface area (Å²) in [7, 11) is -4.01. The number of hydrogen-bond donors (Lipinski definition) is 1. The van der Waals surface area contributed by atoms with Gasteiger partial charge in [0.05, 0.1) is 10.6 Å². The number of anilines is 2. The van der Waals surface area contributed by atoms with Gasteiger partial charge < -0.3 is 10.2 Å². The Kier molecular flexibility index (Phi) is 7.66. The van der Waals surface area contributed by atoms with Gasteiger partial charge in [0.2, 0.25) is 5.91 Å². The topological polar surface area (TPSA) is 69.7 Å². The molecule has 0 bridgehead atoms. The Morgan fingerprint density at radius 3 is 2.50 bits per heavy atom. The van der Waals surface area contributed by atoms with Gasteiger partial charge in [-0.05, 0) is 66.9 Å². The van der Waals surface area contributed by atoms with Crippen LogP contribution in [0.4, 0.5) is 11.4 Å². The number of nitrogens with zero attached hydrogens (tertiary/aromatic N) is 2. The number of benzene rings is 3. The van der Waals surface area contributed by atoms with E-state index in [1.807, 2.05) is 12.1 Å². The highest BCUT2D eigenvalue weighted by molar-refractivity contribution is 7.92. The van der Waals surface area contributed by atoms with Crippen molar-refractivity contribution in [3.63, 3.8) is 0 Å². The van der Waals surface area contributed by atoms with Gasteiger partial charge in [0, 0.05) is 35.4 Å². The molecular weight excluding hydrogens is 493 g/mol. The number of hydrogen-bond acceptors (Lipinski definition) is 4. The monoisotopic (exact) mass is 517 g/mol. The minimum Gasteiger partial charge on any atom is -0.371 e. The lowest BCUT2D eigenvalue weighted by molar-refractivity contribution is -0.119. The van der Waals surface area contributed by atoms with Crippen molar-refractivity contribution in [1.82, 2.24) is 5.32 Å². The number of carbonyl (C=O) groups excluding carboxylic acids is 1. The highest BCUT2D eigenvalue weighted by Gasteiger charge is 2.27. The number of nitrogens with one attached hydrogen (secondary N) is 1. The third kappa shape index (κ3) is 5.66. The molecule has 9 heteroatoms. The molecule has 34 heavy (non-hydrogen) atoms. The lowest BCUT2D eigenvalue weighted by Crippen LogP contribution is -2.41. The molecule has 0 fully saturated rings. The van der Waals surface area contributed by atoms with Gasteiger partial charge in [0.1, 0.15) is 6.54 Å². The van der Waals surface area contributed by atoms with E-state index in [-0.39, 0.29) is 17.3 Å². The summed E-state index contributed by atoms with van der Waals surface area (Å²) in [6, 6.07) is 20.6. The highest BCUT2D eigenvalue weighted by atomic mass is 35.5. The van der Waals surface area contributed by atoms with E-state index in [9.17, 15) is 13.2 Å². The van der Waals surface area contributed by atoms with E-state index in [4.69, 9.17) is 23.2 Å². The standard InChI is InChI=1S/C25H25Cl2N3O3S/c26-20-9-11-23(12-10-20)34(32,33)30(22-7-3-6-21(27)17-22)18-25(31)28-14-4-15-29-16-13-19-5-1-2-8-24(19)29/h1-3,5-12,17H,4,13-16,18H2,(H,28,31). The van der Waals surface area contributed by atoms with Crippen LogP contribution in [0.1, 0.15) is 12.0 Å². The minimum atomic E-state index is -4.01. The van der Waals surface area contributed by atoms with Crippen molar-refractivity contribution in [3.05, 3.63) is 88.4 Å². The van der Waals surface area contributed by atoms with Crippen LogP contribution in [0.25, 0.3) is 0 Å². The molecule has 3 aromatic rings. The van der Waals surface area contributed by atoms with Crippen molar-refractivity contribution in [2.75, 3.05) is 35.4 Å². The van der Waals surface area contributed by atoms with Crippen molar-refractivity contribution in [2.24, 2.45) is 0 Å². The molecule has 3 aromatic carbocycles. The van der Waals surface area contributed by atoms with Gasteiger partial charge in [-0.2, -0.15) is 0 Å². The fourth-order valence-electron chi connectivity index (χ4n) is 4.00. The second-order valence-corrected chi connectivity index (χ2v) is 10.7. The van der Waals surface area contributed by atoms with E-state index >= 15 is 0 Å². The van der Waals surface area contributed by atoms with Gasteiger partial charge in [-0.3, -0.25) is 9.10 Å². The molecule has 0 saturated heterocycles. The zero-order chi connectivity index (χ0) is 24.1. The first kappa shape index (κ1) is 24.4. The van der Waals surface area contributed by atoms with Crippen LogP contribution in [0.3, 0.4) is 0 Å². The number of para-hydroxylation sites is 1. The molecule has 0 aliphatic carbocycles. The van der Waals surface area contributed by atoms with Gasteiger partial charge in [-0.25, -0.2) is 8.42 Å². The predicted molar refractivity (Wildman–Crippen MR) is 137 cm³/mol. The van der Waals surface area contributed by atoms with Crippen LogP contribution in [0.2, 0.25) is 10.0 Å². The molecule has 4 rings (SSSR count). The maximum atomic E-state index is 13.4. The zero-order valence-electron chi connectivity index (χ0n) is 18.5. The molecule has 0 radical (unpaired) electrons. The van der Waals surface area contributed by atoms with Gasteiger partial charge >= 0.3 is 0 Å². The van der Waals surface area contributed by atoms with Crippen LogP contribution in [0, 0.1) is 0 Å². The second kappa shape index (κ2) is 10.7. The molecule has 1 amide bonds. The van der Waals surface area contributed by atoms with Crippen LogP contribution < -0.4 is 14.5 Å². The Morgan fingerprint density at radius 1 is 0.971 bits per heavy atom. The Morgan fingerprint density at radius 2 is 1.74 bits per heavy atom. The molecule has 0 spiro atoms. The summed E-state index contributed by atoms with van der Waals surface area (Å²) in [5.74, 6) is -0.390. The molecule has 1 aliphatic heterocycles. The lowest BCUT2D eigenvalue weighted by atomic mass is 10.2. The predicted octanol–water partition coefficient (Wildman–Crippen LogP) is 4.76. The molecule has 0 saturated carbocycles. The van der Waals surface area contributed by atoms with E-state index in [2.05, 4.69) is 22.3 Å². The first-order chi connectivity index (χ1) is 16.3. The number of halogens is 2. The summed E-state index contributed by atoms with van der Waals surface area (Å²) in [5, 5.41) is 3.65. The van der Waals surface area contributed by atoms with Crippen LogP contribution in [-0.4, -0.2) is 40.5 Å². The average molecular weight is 518 g/mol. The fraction of sp³-hybridized carbons (Fsp3) is 0.240. The van der Waals surface area contributed by atoms with Gasteiger partial charge in [0.25, 0.3) is 10.0 Å². The number of carbonyl (C=O) groups is 1. The van der Waals surface area contributed by atoms with Crippen LogP contribution >= 0.6 is 23.2 Å². The minimum absolute atomic E-state index is 0.0392. The summed E-state index contributed by atoms with van der Waals surface area (Å²) in [4.78, 5) is 15.1. The lowest BCUT2D eigenvalue weighted by Gasteiger charge is -2.24. The first-order valence-corrected chi connectivity index (χ1v) is 13.2. The van der Waals surface area contributed by atoms with E-state index < -0.39 is 10.0 Å². The van der Waals surface area contributed by atoms with Crippen LogP contribution in [0.15, 0.2) is 77.7 Å². The number of fused-ring (bicyclic) bond motifs is 1. The van der Waals surface area contributed by atoms with Crippen molar-refractivity contribution < 1.29 is 13.2 Å². The smallest absolute Gasteiger partial charge is 0.264 e. The summed E-state index contributed by atoms with van der Waals surface area (Å²) in [6.07, 6.45) is 1.78. The fourth-order valence-corrected chi connectivity index (χ4v) is 5.73. The largest absolute Gasteiger partial charge is 0.371 e. The molecule has 0 aromatic heterocycles.